The minimum Gasteiger partial charge on any atom is -0.396 e. The van der Waals surface area contributed by atoms with Gasteiger partial charge in [-0.15, -0.1) is 0 Å². The normalized spacial score (nSPS) is 11.8. The molecule has 0 radical (unpaired) electrons. The highest BCUT2D eigenvalue weighted by Gasteiger charge is 2.11. The third-order valence-electron chi connectivity index (χ3n) is 3.41. The lowest BCUT2D eigenvalue weighted by Gasteiger charge is -2.06. The van der Waals surface area contributed by atoms with E-state index in [1.807, 2.05) is 12.1 Å². The molecule has 3 heteroatoms. The molecule has 2 nitrogen and oxygen atoms in total. The Kier molecular flexibility index (Phi) is 2.30. The van der Waals surface area contributed by atoms with Crippen molar-refractivity contribution >= 4 is 27.5 Å². The second kappa shape index (κ2) is 3.73. The van der Waals surface area contributed by atoms with Crippen LogP contribution in [0.25, 0.3) is 21.8 Å². The second-order valence-electron chi connectivity index (χ2n) is 4.97. The molecule has 1 heterocycles. The zero-order chi connectivity index (χ0) is 12.9. The lowest BCUT2D eigenvalue weighted by molar-refractivity contribution is 0.634. The van der Waals surface area contributed by atoms with E-state index in [1.54, 1.807) is 6.07 Å². The van der Waals surface area contributed by atoms with Gasteiger partial charge in [0.25, 0.3) is 0 Å². The van der Waals surface area contributed by atoms with Crippen molar-refractivity contribution < 1.29 is 4.39 Å². The fraction of sp³-hybridized carbons (Fsp3) is 0.200. The van der Waals surface area contributed by atoms with Crippen LogP contribution in [-0.2, 0) is 0 Å². The van der Waals surface area contributed by atoms with Crippen molar-refractivity contribution in [2.24, 2.45) is 0 Å². The van der Waals surface area contributed by atoms with E-state index in [-0.39, 0.29) is 11.5 Å². The van der Waals surface area contributed by atoms with Gasteiger partial charge in [0, 0.05) is 27.9 Å². The highest BCUT2D eigenvalue weighted by molar-refractivity contribution is 6.09. The summed E-state index contributed by atoms with van der Waals surface area (Å²) < 4.78 is 13.5. The van der Waals surface area contributed by atoms with E-state index in [2.05, 4.69) is 24.9 Å². The highest BCUT2D eigenvalue weighted by atomic mass is 19.1. The topological polar surface area (TPSA) is 41.8 Å². The van der Waals surface area contributed by atoms with Gasteiger partial charge in [0.2, 0.25) is 0 Å². The number of aromatic amines is 1. The van der Waals surface area contributed by atoms with Crippen LogP contribution in [0.4, 0.5) is 10.1 Å². The molecule has 0 amide bonds. The minimum atomic E-state index is -0.375. The smallest absolute Gasteiger partial charge is 0.148 e. The number of anilines is 1. The van der Waals surface area contributed by atoms with E-state index in [0.29, 0.717) is 5.92 Å². The number of hydrogen-bond donors (Lipinski definition) is 2. The van der Waals surface area contributed by atoms with Crippen LogP contribution in [-0.4, -0.2) is 4.98 Å². The Labute approximate surface area is 105 Å². The van der Waals surface area contributed by atoms with E-state index < -0.39 is 0 Å². The lowest BCUT2D eigenvalue weighted by atomic mass is 10.00. The predicted molar refractivity (Wildman–Crippen MR) is 74.3 cm³/mol. The standard InChI is InChI=1S/C15H15FN2/c1-8(2)9-4-3-5-10-11-6-13(17)12(16)7-14(11)18-15(9)10/h3-8,18H,17H2,1-2H3. The number of fused-ring (bicyclic) bond motifs is 3. The van der Waals surface area contributed by atoms with Crippen molar-refractivity contribution in [2.45, 2.75) is 19.8 Å². The number of rotatable bonds is 1. The molecule has 0 aliphatic heterocycles. The number of aromatic nitrogens is 1. The van der Waals surface area contributed by atoms with Crippen molar-refractivity contribution in [3.8, 4) is 0 Å². The number of H-pyrrole nitrogens is 1. The van der Waals surface area contributed by atoms with Gasteiger partial charge in [-0.1, -0.05) is 32.0 Å². The summed E-state index contributed by atoms with van der Waals surface area (Å²) in [5, 5.41) is 2.08. The van der Waals surface area contributed by atoms with Gasteiger partial charge in [0.15, 0.2) is 0 Å². The molecule has 0 aliphatic carbocycles. The van der Waals surface area contributed by atoms with Gasteiger partial charge < -0.3 is 10.7 Å². The number of hydrogen-bond acceptors (Lipinski definition) is 1. The first-order chi connectivity index (χ1) is 8.58. The van der Waals surface area contributed by atoms with Crippen LogP contribution >= 0.6 is 0 Å². The quantitative estimate of drug-likeness (QED) is 0.618. The first-order valence-corrected chi connectivity index (χ1v) is 6.07. The van der Waals surface area contributed by atoms with Gasteiger partial charge in [-0.3, -0.25) is 0 Å². The first kappa shape index (κ1) is 11.1. The van der Waals surface area contributed by atoms with Crippen molar-refractivity contribution in [3.63, 3.8) is 0 Å². The molecular formula is C15H15FN2. The van der Waals surface area contributed by atoms with Crippen LogP contribution in [0.1, 0.15) is 25.3 Å². The van der Waals surface area contributed by atoms with Gasteiger partial charge in [-0.2, -0.15) is 0 Å². The van der Waals surface area contributed by atoms with Crippen molar-refractivity contribution in [2.75, 3.05) is 5.73 Å². The van der Waals surface area contributed by atoms with Gasteiger partial charge in [0.05, 0.1) is 5.69 Å². The van der Waals surface area contributed by atoms with Gasteiger partial charge in [-0.05, 0) is 17.5 Å². The lowest BCUT2D eigenvalue weighted by Crippen LogP contribution is -1.89. The summed E-state index contributed by atoms with van der Waals surface area (Å²) in [6, 6.07) is 9.34. The van der Waals surface area contributed by atoms with Crippen molar-refractivity contribution in [1.82, 2.24) is 4.98 Å². The predicted octanol–water partition coefficient (Wildman–Crippen LogP) is 4.17. The summed E-state index contributed by atoms with van der Waals surface area (Å²) in [6.07, 6.45) is 0. The third kappa shape index (κ3) is 1.47. The average Bonchev–Trinajstić information content (AvgIpc) is 2.67. The molecule has 92 valence electrons. The van der Waals surface area contributed by atoms with Crippen LogP contribution in [0.2, 0.25) is 0 Å². The summed E-state index contributed by atoms with van der Waals surface area (Å²) in [4.78, 5) is 3.30. The van der Waals surface area contributed by atoms with Gasteiger partial charge >= 0.3 is 0 Å². The van der Waals surface area contributed by atoms with Crippen LogP contribution < -0.4 is 5.73 Å². The Bertz CT molecular complexity index is 741. The molecule has 3 aromatic rings. The van der Waals surface area contributed by atoms with Crippen molar-refractivity contribution in [3.05, 3.63) is 41.7 Å². The SMILES string of the molecule is CC(C)c1cccc2c1[nH]c1cc(F)c(N)cc12. The average molecular weight is 242 g/mol. The minimum absolute atomic E-state index is 0.193. The molecule has 3 rings (SSSR count). The molecular weight excluding hydrogens is 227 g/mol. The number of halogens is 1. The summed E-state index contributed by atoms with van der Waals surface area (Å²) >= 11 is 0. The second-order valence-corrected chi connectivity index (χ2v) is 4.97. The van der Waals surface area contributed by atoms with E-state index in [1.165, 1.54) is 11.6 Å². The molecule has 2 aromatic carbocycles. The number of para-hydroxylation sites is 1. The van der Waals surface area contributed by atoms with Crippen LogP contribution in [0, 0.1) is 5.82 Å². The molecule has 0 atom stereocenters. The molecule has 18 heavy (non-hydrogen) atoms. The Balaban J connectivity index is 2.47. The number of nitrogens with two attached hydrogens (primary N) is 1. The first-order valence-electron chi connectivity index (χ1n) is 6.07. The summed E-state index contributed by atoms with van der Waals surface area (Å²) in [7, 11) is 0. The molecule has 0 saturated carbocycles. The van der Waals surface area contributed by atoms with Crippen LogP contribution in [0.15, 0.2) is 30.3 Å². The maximum Gasteiger partial charge on any atom is 0.148 e. The highest BCUT2D eigenvalue weighted by Crippen LogP contribution is 2.32. The van der Waals surface area contributed by atoms with Crippen molar-refractivity contribution in [1.29, 1.82) is 0 Å². The zero-order valence-corrected chi connectivity index (χ0v) is 10.4. The maximum absolute atomic E-state index is 13.5. The fourth-order valence-electron chi connectivity index (χ4n) is 2.47. The number of nitrogens with one attached hydrogen (secondary N) is 1. The summed E-state index contributed by atoms with van der Waals surface area (Å²) in [5.41, 5.74) is 8.95. The summed E-state index contributed by atoms with van der Waals surface area (Å²) in [6.45, 7) is 4.30. The molecule has 3 N–H and O–H groups in total. The van der Waals surface area contributed by atoms with E-state index in [0.717, 1.165) is 21.8 Å². The Morgan fingerprint density at radius 3 is 2.67 bits per heavy atom. The molecule has 0 bridgehead atoms. The molecule has 0 spiro atoms. The zero-order valence-electron chi connectivity index (χ0n) is 10.4. The molecule has 0 unspecified atom stereocenters. The molecule has 0 fully saturated rings. The van der Waals surface area contributed by atoms with E-state index in [4.69, 9.17) is 5.73 Å². The third-order valence-corrected chi connectivity index (χ3v) is 3.41. The van der Waals surface area contributed by atoms with Crippen LogP contribution in [0.5, 0.6) is 0 Å². The van der Waals surface area contributed by atoms with E-state index in [9.17, 15) is 4.39 Å². The Morgan fingerprint density at radius 2 is 1.94 bits per heavy atom. The Morgan fingerprint density at radius 1 is 1.17 bits per heavy atom. The van der Waals surface area contributed by atoms with Crippen LogP contribution in [0.3, 0.4) is 0 Å². The number of nitrogen functional groups attached to an aromatic ring is 1. The summed E-state index contributed by atoms with van der Waals surface area (Å²) in [5.74, 6) is 0.0455. The Hall–Kier alpha value is -2.03. The monoisotopic (exact) mass is 242 g/mol. The molecule has 0 saturated heterocycles. The maximum atomic E-state index is 13.5. The molecule has 0 aliphatic rings. The number of benzene rings is 2. The van der Waals surface area contributed by atoms with E-state index >= 15 is 0 Å². The van der Waals surface area contributed by atoms with Gasteiger partial charge in [0.1, 0.15) is 5.82 Å². The largest absolute Gasteiger partial charge is 0.396 e. The van der Waals surface area contributed by atoms with Gasteiger partial charge in [-0.25, -0.2) is 4.39 Å². The fourth-order valence-corrected chi connectivity index (χ4v) is 2.47. The molecule has 1 aromatic heterocycles.